The minimum Gasteiger partial charge on any atom is -0.467 e. The molecular weight excluding hydrogens is 370 g/mol. The van der Waals surface area contributed by atoms with Crippen molar-refractivity contribution in [3.8, 4) is 0 Å². The van der Waals surface area contributed by atoms with E-state index in [1.165, 1.54) is 9.47 Å². The molecule has 10 heteroatoms. The third-order valence-electron chi connectivity index (χ3n) is 3.98. The van der Waals surface area contributed by atoms with Crippen LogP contribution in [-0.4, -0.2) is 34.9 Å². The number of aromatic nitrogens is 2. The fourth-order valence-electron chi connectivity index (χ4n) is 2.55. The van der Waals surface area contributed by atoms with Crippen LogP contribution in [0.2, 0.25) is 0 Å². The molecule has 0 fully saturated rings. The molecule has 0 saturated carbocycles. The lowest BCUT2D eigenvalue weighted by Crippen LogP contribution is -2.46. The summed E-state index contributed by atoms with van der Waals surface area (Å²) in [6, 6.07) is 3.58. The molecule has 0 amide bonds. The lowest BCUT2D eigenvalue weighted by Gasteiger charge is -2.26. The van der Waals surface area contributed by atoms with E-state index in [9.17, 15) is 9.59 Å². The van der Waals surface area contributed by atoms with E-state index < -0.39 is 11.2 Å². The van der Waals surface area contributed by atoms with E-state index in [0.29, 0.717) is 32.0 Å². The third-order valence-corrected chi connectivity index (χ3v) is 4.34. The lowest BCUT2D eigenvalue weighted by molar-refractivity contribution is 0.207. The predicted octanol–water partition coefficient (Wildman–Crippen LogP) is 1.04. The number of aromatic amines is 1. The number of nitrogen functional groups attached to an aromatic ring is 1. The van der Waals surface area contributed by atoms with Crippen molar-refractivity contribution >= 4 is 28.8 Å². The maximum absolute atomic E-state index is 12.5. The van der Waals surface area contributed by atoms with Crippen molar-refractivity contribution in [2.24, 2.45) is 0 Å². The second-order valence-corrected chi connectivity index (χ2v) is 6.27. The molecule has 0 aromatic carbocycles. The van der Waals surface area contributed by atoms with Gasteiger partial charge in [0.2, 0.25) is 0 Å². The van der Waals surface area contributed by atoms with E-state index in [2.05, 4.69) is 10.3 Å². The van der Waals surface area contributed by atoms with Gasteiger partial charge in [-0.15, -0.1) is 0 Å². The SMILES string of the molecule is CCCCn1c(N)c(N(CCOC)C(=S)NCc2ccco2)c(=O)[nH]c1=O. The van der Waals surface area contributed by atoms with Crippen molar-refractivity contribution in [1.29, 1.82) is 0 Å². The molecule has 2 aromatic rings. The van der Waals surface area contributed by atoms with Crippen molar-refractivity contribution in [2.45, 2.75) is 32.9 Å². The van der Waals surface area contributed by atoms with Gasteiger partial charge in [-0.05, 0) is 30.8 Å². The van der Waals surface area contributed by atoms with Crippen LogP contribution >= 0.6 is 12.2 Å². The Labute approximate surface area is 162 Å². The Morgan fingerprint density at radius 1 is 1.48 bits per heavy atom. The average molecular weight is 395 g/mol. The Morgan fingerprint density at radius 2 is 2.26 bits per heavy atom. The number of nitrogens with zero attached hydrogens (tertiary/aromatic N) is 2. The monoisotopic (exact) mass is 395 g/mol. The Bertz CT molecular complexity index is 859. The number of nitrogens with two attached hydrogens (primary N) is 1. The fourth-order valence-corrected chi connectivity index (χ4v) is 2.80. The Morgan fingerprint density at radius 3 is 2.89 bits per heavy atom. The minimum absolute atomic E-state index is 0.0791. The quantitative estimate of drug-likeness (QED) is 0.539. The topological polar surface area (TPSA) is 119 Å². The fraction of sp³-hybridized carbons (Fsp3) is 0.471. The number of ether oxygens (including phenoxy) is 1. The standard InChI is InChI=1S/C17H25N5O4S/c1-3-4-7-22-14(18)13(15(23)20-16(22)24)21(8-10-25-2)17(27)19-11-12-6-5-9-26-12/h5-6,9H,3-4,7-8,10-11,18H2,1-2H3,(H,19,27)(H,20,23,24). The lowest BCUT2D eigenvalue weighted by atomic mass is 10.3. The summed E-state index contributed by atoms with van der Waals surface area (Å²) in [5.74, 6) is 0.772. The van der Waals surface area contributed by atoms with Gasteiger partial charge in [-0.1, -0.05) is 13.3 Å². The van der Waals surface area contributed by atoms with E-state index >= 15 is 0 Å². The van der Waals surface area contributed by atoms with E-state index in [4.69, 9.17) is 27.1 Å². The van der Waals surface area contributed by atoms with Crippen LogP contribution in [0.1, 0.15) is 25.5 Å². The van der Waals surface area contributed by atoms with Crippen molar-refractivity contribution in [1.82, 2.24) is 14.9 Å². The summed E-state index contributed by atoms with van der Waals surface area (Å²) in [5, 5.41) is 3.32. The Kier molecular flexibility index (Phi) is 7.62. The van der Waals surface area contributed by atoms with E-state index in [0.717, 1.165) is 12.8 Å². The average Bonchev–Trinajstić information content (AvgIpc) is 3.15. The minimum atomic E-state index is -0.594. The third kappa shape index (κ3) is 5.20. The molecule has 27 heavy (non-hydrogen) atoms. The molecule has 0 aliphatic carbocycles. The number of unbranched alkanes of at least 4 members (excludes halogenated alkanes) is 1. The second kappa shape index (κ2) is 9.93. The van der Waals surface area contributed by atoms with Crippen LogP contribution in [0, 0.1) is 0 Å². The molecule has 0 unspecified atom stereocenters. The molecular formula is C17H25N5O4S. The first-order valence-electron chi connectivity index (χ1n) is 8.68. The predicted molar refractivity (Wildman–Crippen MR) is 108 cm³/mol. The summed E-state index contributed by atoms with van der Waals surface area (Å²) in [7, 11) is 1.55. The van der Waals surface area contributed by atoms with Gasteiger partial charge in [0, 0.05) is 20.2 Å². The van der Waals surface area contributed by atoms with Crippen LogP contribution in [0.3, 0.4) is 0 Å². The summed E-state index contributed by atoms with van der Waals surface area (Å²) in [5.41, 5.74) is 5.18. The van der Waals surface area contributed by atoms with Crippen molar-refractivity contribution < 1.29 is 9.15 Å². The molecule has 0 atom stereocenters. The van der Waals surface area contributed by atoms with Crippen LogP contribution in [0.25, 0.3) is 0 Å². The van der Waals surface area contributed by atoms with Crippen LogP contribution in [0.5, 0.6) is 0 Å². The van der Waals surface area contributed by atoms with Crippen molar-refractivity contribution in [3.63, 3.8) is 0 Å². The number of rotatable bonds is 9. The molecule has 4 N–H and O–H groups in total. The number of anilines is 2. The highest BCUT2D eigenvalue weighted by Crippen LogP contribution is 2.17. The highest BCUT2D eigenvalue weighted by atomic mass is 32.1. The molecule has 2 heterocycles. The summed E-state index contributed by atoms with van der Waals surface area (Å²) >= 11 is 5.45. The van der Waals surface area contributed by atoms with E-state index in [1.807, 2.05) is 6.92 Å². The highest BCUT2D eigenvalue weighted by molar-refractivity contribution is 7.80. The first-order valence-corrected chi connectivity index (χ1v) is 9.09. The maximum Gasteiger partial charge on any atom is 0.330 e. The van der Waals surface area contributed by atoms with Gasteiger partial charge in [0.1, 0.15) is 11.6 Å². The summed E-state index contributed by atoms with van der Waals surface area (Å²) in [6.07, 6.45) is 3.21. The molecule has 0 bridgehead atoms. The number of hydrogen-bond acceptors (Lipinski definition) is 6. The number of hydrogen-bond donors (Lipinski definition) is 3. The smallest absolute Gasteiger partial charge is 0.330 e. The van der Waals surface area contributed by atoms with Gasteiger partial charge in [0.15, 0.2) is 10.8 Å². The summed E-state index contributed by atoms with van der Waals surface area (Å²) < 4.78 is 11.8. The molecule has 0 aliphatic rings. The number of methoxy groups -OCH3 is 1. The second-order valence-electron chi connectivity index (χ2n) is 5.88. The molecule has 148 valence electrons. The Balaban J connectivity index is 2.35. The zero-order valence-electron chi connectivity index (χ0n) is 15.5. The maximum atomic E-state index is 12.5. The first kappa shape index (κ1) is 20.7. The van der Waals surface area contributed by atoms with Gasteiger partial charge in [0.25, 0.3) is 5.56 Å². The number of furan rings is 1. The van der Waals surface area contributed by atoms with Gasteiger partial charge in [-0.25, -0.2) is 4.79 Å². The molecule has 0 aliphatic heterocycles. The van der Waals surface area contributed by atoms with E-state index in [-0.39, 0.29) is 16.6 Å². The molecule has 0 radical (unpaired) electrons. The van der Waals surface area contributed by atoms with E-state index in [1.54, 1.807) is 25.5 Å². The van der Waals surface area contributed by atoms with Crippen LogP contribution in [-0.2, 0) is 17.8 Å². The molecule has 0 saturated heterocycles. The zero-order valence-corrected chi connectivity index (χ0v) is 16.3. The zero-order chi connectivity index (χ0) is 19.8. The Hall–Kier alpha value is -2.59. The molecule has 2 rings (SSSR count). The van der Waals surface area contributed by atoms with Gasteiger partial charge < -0.3 is 25.1 Å². The van der Waals surface area contributed by atoms with Crippen molar-refractivity contribution in [2.75, 3.05) is 30.9 Å². The van der Waals surface area contributed by atoms with Crippen LogP contribution in [0.15, 0.2) is 32.4 Å². The largest absolute Gasteiger partial charge is 0.467 e. The normalized spacial score (nSPS) is 10.7. The van der Waals surface area contributed by atoms with Crippen molar-refractivity contribution in [3.05, 3.63) is 45.0 Å². The number of H-pyrrole nitrogens is 1. The number of thiocarbonyl (C=S) groups is 1. The van der Waals surface area contributed by atoms with Gasteiger partial charge in [0.05, 0.1) is 19.4 Å². The molecule has 0 spiro atoms. The van der Waals surface area contributed by atoms with Gasteiger partial charge in [-0.3, -0.25) is 14.3 Å². The highest BCUT2D eigenvalue weighted by Gasteiger charge is 2.22. The van der Waals surface area contributed by atoms with Crippen LogP contribution in [0.4, 0.5) is 11.5 Å². The van der Waals surface area contributed by atoms with Gasteiger partial charge >= 0.3 is 5.69 Å². The summed E-state index contributed by atoms with van der Waals surface area (Å²) in [6.45, 7) is 3.37. The molecule has 9 nitrogen and oxygen atoms in total. The van der Waals surface area contributed by atoms with Gasteiger partial charge in [-0.2, -0.15) is 0 Å². The number of nitrogens with one attached hydrogen (secondary N) is 2. The first-order chi connectivity index (χ1) is 13.0. The van der Waals surface area contributed by atoms with Crippen LogP contribution < -0.4 is 27.2 Å². The summed E-state index contributed by atoms with van der Waals surface area (Å²) in [4.78, 5) is 28.5. The molecule has 2 aromatic heterocycles.